The molecule has 1 N–H and O–H groups in total. The number of halogens is 2. The molecule has 1 amide bonds. The van der Waals surface area contributed by atoms with E-state index in [1.807, 2.05) is 0 Å². The Kier molecular flexibility index (Phi) is 7.77. The predicted octanol–water partition coefficient (Wildman–Crippen LogP) is 3.20. The van der Waals surface area contributed by atoms with Crippen LogP contribution in [0.25, 0.3) is 0 Å². The summed E-state index contributed by atoms with van der Waals surface area (Å²) in [7, 11) is 0. The minimum Gasteiger partial charge on any atom is -0.455 e. The van der Waals surface area contributed by atoms with Crippen molar-refractivity contribution in [2.75, 3.05) is 30.8 Å². The van der Waals surface area contributed by atoms with Crippen LogP contribution >= 0.6 is 24.0 Å². The van der Waals surface area contributed by atoms with E-state index in [1.54, 1.807) is 0 Å². The van der Waals surface area contributed by atoms with Crippen LogP contribution < -0.4 is 5.32 Å². The molecule has 1 aromatic carbocycles. The molecule has 0 aliphatic carbocycles. The maximum absolute atomic E-state index is 13.4. The molecule has 0 radical (unpaired) electrons. The lowest BCUT2D eigenvalue weighted by Crippen LogP contribution is -2.36. The van der Waals surface area contributed by atoms with Crippen molar-refractivity contribution in [3.63, 3.8) is 0 Å². The summed E-state index contributed by atoms with van der Waals surface area (Å²) in [4.78, 5) is 25.5. The predicted molar refractivity (Wildman–Crippen MR) is 101 cm³/mol. The summed E-state index contributed by atoms with van der Waals surface area (Å²) in [6.45, 7) is 3.42. The molecule has 0 atom stereocenters. The second-order valence-electron chi connectivity index (χ2n) is 6.06. The molecule has 1 fully saturated rings. The Bertz CT molecular complexity index is 680. The van der Waals surface area contributed by atoms with Crippen molar-refractivity contribution in [3.05, 3.63) is 29.8 Å². The molecule has 0 saturated carbocycles. The van der Waals surface area contributed by atoms with Gasteiger partial charge in [-0.1, -0.05) is 30.9 Å². The summed E-state index contributed by atoms with van der Waals surface area (Å²) in [5, 5.41) is 2.21. The summed E-state index contributed by atoms with van der Waals surface area (Å²) in [5.74, 6) is -2.25. The van der Waals surface area contributed by atoms with Gasteiger partial charge in [0.05, 0.1) is 11.4 Å². The van der Waals surface area contributed by atoms with Crippen molar-refractivity contribution in [2.24, 2.45) is 5.92 Å². The van der Waals surface area contributed by atoms with Crippen molar-refractivity contribution in [2.45, 2.75) is 19.8 Å². The van der Waals surface area contributed by atoms with Crippen LogP contribution in [0.1, 0.15) is 19.8 Å². The van der Waals surface area contributed by atoms with E-state index >= 15 is 0 Å². The SMILES string of the molecule is CC1CCN(C(=S)SCC(=O)OCC(=O)Nc2ccc(F)cc2F)CC1. The molecule has 1 heterocycles. The van der Waals surface area contributed by atoms with E-state index in [1.165, 1.54) is 11.8 Å². The fourth-order valence-electron chi connectivity index (χ4n) is 2.37. The normalized spacial score (nSPS) is 14.8. The lowest BCUT2D eigenvalue weighted by molar-refractivity contribution is -0.144. The summed E-state index contributed by atoms with van der Waals surface area (Å²) >= 11 is 6.51. The number of hydrogen-bond acceptors (Lipinski definition) is 5. The van der Waals surface area contributed by atoms with Crippen LogP contribution in [0.5, 0.6) is 0 Å². The number of piperidine rings is 1. The monoisotopic (exact) mass is 402 g/mol. The van der Waals surface area contributed by atoms with Crippen molar-refractivity contribution in [3.8, 4) is 0 Å². The second kappa shape index (κ2) is 9.82. The highest BCUT2D eigenvalue weighted by Gasteiger charge is 2.19. The molecule has 2 rings (SSSR count). The summed E-state index contributed by atoms with van der Waals surface area (Å²) in [5.41, 5.74) is -0.178. The van der Waals surface area contributed by atoms with Crippen molar-refractivity contribution >= 4 is 45.9 Å². The van der Waals surface area contributed by atoms with Gasteiger partial charge in [0.2, 0.25) is 0 Å². The Balaban J connectivity index is 1.68. The zero-order valence-electron chi connectivity index (χ0n) is 14.3. The molecule has 9 heteroatoms. The van der Waals surface area contributed by atoms with E-state index in [0.717, 1.165) is 38.1 Å². The van der Waals surface area contributed by atoms with Crippen LogP contribution in [-0.2, 0) is 14.3 Å². The summed E-state index contributed by atoms with van der Waals surface area (Å²) in [6, 6.07) is 2.77. The van der Waals surface area contributed by atoms with Crippen LogP contribution in [0.4, 0.5) is 14.5 Å². The number of thioether (sulfide) groups is 1. The van der Waals surface area contributed by atoms with Gasteiger partial charge >= 0.3 is 5.97 Å². The highest BCUT2D eigenvalue weighted by Crippen LogP contribution is 2.20. The van der Waals surface area contributed by atoms with Crippen LogP contribution in [-0.4, -0.2) is 46.5 Å². The van der Waals surface area contributed by atoms with Crippen LogP contribution in [0.3, 0.4) is 0 Å². The molecule has 1 aliphatic heterocycles. The Hall–Kier alpha value is -1.74. The van der Waals surface area contributed by atoms with E-state index in [0.29, 0.717) is 16.3 Å². The number of thiocarbonyl (C=S) groups is 1. The standard InChI is InChI=1S/C17H20F2N2O3S2/c1-11-4-6-21(7-5-11)17(25)26-10-16(23)24-9-15(22)20-14-3-2-12(18)8-13(14)19/h2-3,8,11H,4-7,9-10H2,1H3,(H,20,22). The van der Waals surface area contributed by atoms with Gasteiger partial charge in [-0.05, 0) is 30.9 Å². The number of ether oxygens (including phenoxy) is 1. The molecule has 1 saturated heterocycles. The van der Waals surface area contributed by atoms with Crippen LogP contribution in [0.2, 0.25) is 0 Å². The molecule has 0 unspecified atom stereocenters. The molecule has 26 heavy (non-hydrogen) atoms. The highest BCUT2D eigenvalue weighted by molar-refractivity contribution is 8.23. The molecular formula is C17H20F2N2O3S2. The van der Waals surface area contributed by atoms with Gasteiger partial charge < -0.3 is 15.0 Å². The van der Waals surface area contributed by atoms with Gasteiger partial charge in [0.25, 0.3) is 5.91 Å². The molecule has 1 aromatic rings. The number of carbonyl (C=O) groups is 2. The van der Waals surface area contributed by atoms with E-state index in [4.69, 9.17) is 17.0 Å². The average Bonchev–Trinajstić information content (AvgIpc) is 2.61. The van der Waals surface area contributed by atoms with E-state index in [2.05, 4.69) is 17.1 Å². The first-order valence-electron chi connectivity index (χ1n) is 8.17. The number of likely N-dealkylation sites (tertiary alicyclic amines) is 1. The van der Waals surface area contributed by atoms with Gasteiger partial charge in [-0.15, -0.1) is 0 Å². The average molecular weight is 402 g/mol. The van der Waals surface area contributed by atoms with Crippen molar-refractivity contribution < 1.29 is 23.1 Å². The number of hydrogen-bond donors (Lipinski definition) is 1. The maximum Gasteiger partial charge on any atom is 0.316 e. The lowest BCUT2D eigenvalue weighted by atomic mass is 10.00. The van der Waals surface area contributed by atoms with Crippen LogP contribution in [0.15, 0.2) is 18.2 Å². The van der Waals surface area contributed by atoms with E-state index in [9.17, 15) is 18.4 Å². The largest absolute Gasteiger partial charge is 0.455 e. The van der Waals surface area contributed by atoms with Gasteiger partial charge in [-0.25, -0.2) is 8.78 Å². The van der Waals surface area contributed by atoms with Gasteiger partial charge in [0.1, 0.15) is 16.0 Å². The molecule has 0 bridgehead atoms. The van der Waals surface area contributed by atoms with E-state index < -0.39 is 30.1 Å². The third-order valence-corrected chi connectivity index (χ3v) is 5.42. The lowest BCUT2D eigenvalue weighted by Gasteiger charge is -2.31. The molecule has 142 valence electrons. The molecule has 0 spiro atoms. The van der Waals surface area contributed by atoms with Gasteiger partial charge in [0.15, 0.2) is 6.61 Å². The van der Waals surface area contributed by atoms with Crippen LogP contribution in [0, 0.1) is 17.6 Å². The number of benzene rings is 1. The molecule has 0 aromatic heterocycles. The smallest absolute Gasteiger partial charge is 0.316 e. The first-order chi connectivity index (χ1) is 12.3. The molecular weight excluding hydrogens is 382 g/mol. The number of anilines is 1. The maximum atomic E-state index is 13.4. The third kappa shape index (κ3) is 6.53. The van der Waals surface area contributed by atoms with Gasteiger partial charge in [0, 0.05) is 19.2 Å². The Labute approximate surface area is 160 Å². The fraction of sp³-hybridized carbons (Fsp3) is 0.471. The van der Waals surface area contributed by atoms with Crippen molar-refractivity contribution in [1.82, 2.24) is 4.90 Å². The number of amides is 1. The third-order valence-electron chi connectivity index (χ3n) is 3.92. The fourth-order valence-corrected chi connectivity index (χ4v) is 3.42. The quantitative estimate of drug-likeness (QED) is 0.603. The highest BCUT2D eigenvalue weighted by atomic mass is 32.2. The number of nitrogens with one attached hydrogen (secondary N) is 1. The minimum atomic E-state index is -0.901. The first kappa shape index (κ1) is 20.6. The second-order valence-corrected chi connectivity index (χ2v) is 7.67. The Morgan fingerprint density at radius 1 is 1.35 bits per heavy atom. The number of nitrogens with zero attached hydrogens (tertiary/aromatic N) is 1. The summed E-state index contributed by atoms with van der Waals surface area (Å²) in [6.07, 6.45) is 2.15. The number of carbonyl (C=O) groups excluding carboxylic acids is 2. The number of rotatable bonds is 5. The minimum absolute atomic E-state index is 0.00305. The van der Waals surface area contributed by atoms with Gasteiger partial charge in [-0.2, -0.15) is 0 Å². The van der Waals surface area contributed by atoms with E-state index in [-0.39, 0.29) is 11.4 Å². The number of esters is 1. The Morgan fingerprint density at radius 2 is 2.04 bits per heavy atom. The zero-order chi connectivity index (χ0) is 19.1. The van der Waals surface area contributed by atoms with Gasteiger partial charge in [-0.3, -0.25) is 9.59 Å². The topological polar surface area (TPSA) is 58.6 Å². The summed E-state index contributed by atoms with van der Waals surface area (Å²) < 4.78 is 31.7. The molecule has 1 aliphatic rings. The zero-order valence-corrected chi connectivity index (χ0v) is 15.9. The van der Waals surface area contributed by atoms with Crippen molar-refractivity contribution in [1.29, 1.82) is 0 Å². The Morgan fingerprint density at radius 3 is 2.69 bits per heavy atom. The molecule has 5 nitrogen and oxygen atoms in total. The first-order valence-corrected chi connectivity index (χ1v) is 9.56.